The number of amides is 1. The van der Waals surface area contributed by atoms with E-state index in [0.29, 0.717) is 5.65 Å². The van der Waals surface area contributed by atoms with E-state index in [1.165, 1.54) is 0 Å². The molecule has 1 aromatic carbocycles. The minimum Gasteiger partial charge on any atom is -0.320 e. The number of hydrogen-bond donors (Lipinski definition) is 1. The van der Waals surface area contributed by atoms with Crippen LogP contribution in [0.25, 0.3) is 5.65 Å². The predicted molar refractivity (Wildman–Crippen MR) is 86.0 cm³/mol. The molecule has 0 saturated heterocycles. The molecule has 0 fully saturated rings. The van der Waals surface area contributed by atoms with Crippen LogP contribution in [-0.2, 0) is 5.41 Å². The van der Waals surface area contributed by atoms with Crippen LogP contribution < -0.4 is 5.32 Å². The first-order valence-electron chi connectivity index (χ1n) is 7.37. The van der Waals surface area contributed by atoms with Crippen LogP contribution >= 0.6 is 0 Å². The number of hydrogen-bond acceptors (Lipinski definition) is 3. The van der Waals surface area contributed by atoms with Gasteiger partial charge in [-0.15, -0.1) is 0 Å². The Bertz CT molecular complexity index is 908. The Balaban J connectivity index is 2.01. The number of nitrogens with zero attached hydrogens (tertiary/aromatic N) is 3. The number of benzene rings is 1. The van der Waals surface area contributed by atoms with E-state index in [0.717, 1.165) is 23.9 Å². The van der Waals surface area contributed by atoms with E-state index in [2.05, 4.69) is 15.4 Å². The lowest BCUT2D eigenvalue weighted by molar-refractivity contribution is 0.102. The second-order valence-electron chi connectivity index (χ2n) is 6.49. The van der Waals surface area contributed by atoms with Gasteiger partial charge in [0, 0.05) is 23.2 Å². The zero-order valence-electron chi connectivity index (χ0n) is 13.5. The van der Waals surface area contributed by atoms with E-state index in [4.69, 9.17) is 0 Å². The summed E-state index contributed by atoms with van der Waals surface area (Å²) in [7, 11) is 0. The van der Waals surface area contributed by atoms with Crippen LogP contribution in [0.2, 0.25) is 0 Å². The summed E-state index contributed by atoms with van der Waals surface area (Å²) in [5.41, 5.74) is 1.24. The Morgan fingerprint density at radius 3 is 2.42 bits per heavy atom. The summed E-state index contributed by atoms with van der Waals surface area (Å²) in [6, 6.07) is 6.15. The van der Waals surface area contributed by atoms with Crippen molar-refractivity contribution in [2.75, 3.05) is 5.32 Å². The van der Waals surface area contributed by atoms with Crippen molar-refractivity contribution < 1.29 is 13.6 Å². The first-order chi connectivity index (χ1) is 11.2. The Kier molecular flexibility index (Phi) is 3.79. The van der Waals surface area contributed by atoms with Crippen LogP contribution in [0.5, 0.6) is 0 Å². The highest BCUT2D eigenvalue weighted by molar-refractivity contribution is 6.03. The fourth-order valence-electron chi connectivity index (χ4n) is 2.38. The average molecular weight is 330 g/mol. The van der Waals surface area contributed by atoms with Crippen LogP contribution in [0.1, 0.15) is 37.0 Å². The van der Waals surface area contributed by atoms with Crippen LogP contribution in [0.15, 0.2) is 36.5 Å². The lowest BCUT2D eigenvalue weighted by Gasteiger charge is -2.20. The average Bonchev–Trinajstić information content (AvgIpc) is 2.91. The molecule has 1 amide bonds. The van der Waals surface area contributed by atoms with Crippen molar-refractivity contribution in [3.8, 4) is 0 Å². The van der Waals surface area contributed by atoms with Crippen LogP contribution in [0.4, 0.5) is 14.5 Å². The Hall–Kier alpha value is -2.83. The highest BCUT2D eigenvalue weighted by Crippen LogP contribution is 2.23. The van der Waals surface area contributed by atoms with E-state index in [1.54, 1.807) is 22.8 Å². The Labute approximate surface area is 137 Å². The summed E-state index contributed by atoms with van der Waals surface area (Å²) in [5.74, 6) is -2.08. The first kappa shape index (κ1) is 16.0. The van der Waals surface area contributed by atoms with E-state index in [-0.39, 0.29) is 16.8 Å². The van der Waals surface area contributed by atoms with Gasteiger partial charge in [-0.3, -0.25) is 4.79 Å². The van der Waals surface area contributed by atoms with Gasteiger partial charge in [-0.2, -0.15) is 5.10 Å². The third-order valence-corrected chi connectivity index (χ3v) is 3.48. The predicted octanol–water partition coefficient (Wildman–Crippen LogP) is 3.56. The second kappa shape index (κ2) is 5.67. The summed E-state index contributed by atoms with van der Waals surface area (Å²) in [5, 5.41) is 6.68. The van der Waals surface area contributed by atoms with Gasteiger partial charge in [-0.05, 0) is 18.2 Å². The minimum atomic E-state index is -0.764. The third-order valence-electron chi connectivity index (χ3n) is 3.48. The fraction of sp³-hybridized carbons (Fsp3) is 0.235. The number of carbonyl (C=O) groups is 1. The molecular weight excluding hydrogens is 314 g/mol. The molecule has 5 nitrogen and oxygen atoms in total. The molecule has 0 atom stereocenters. The standard InChI is InChI=1S/C17H16F2N4O/c1-17(2,3)14-9-13(22-15-4-5-20-23(14)15)16(24)21-12-7-10(18)6-11(19)8-12/h4-9H,1-3H3,(H,21,24). The van der Waals surface area contributed by atoms with E-state index < -0.39 is 17.5 Å². The van der Waals surface area contributed by atoms with Crippen molar-refractivity contribution in [1.29, 1.82) is 0 Å². The molecule has 2 heterocycles. The number of nitrogens with one attached hydrogen (secondary N) is 1. The molecule has 0 saturated carbocycles. The van der Waals surface area contributed by atoms with Crippen molar-refractivity contribution in [2.45, 2.75) is 26.2 Å². The van der Waals surface area contributed by atoms with Gasteiger partial charge in [-0.1, -0.05) is 20.8 Å². The number of carbonyl (C=O) groups excluding carboxylic acids is 1. The van der Waals surface area contributed by atoms with Gasteiger partial charge in [0.1, 0.15) is 17.3 Å². The van der Waals surface area contributed by atoms with Crippen molar-refractivity contribution in [3.05, 3.63) is 59.6 Å². The molecule has 0 bridgehead atoms. The molecule has 3 aromatic rings. The number of rotatable bonds is 2. The van der Waals surface area contributed by atoms with E-state index >= 15 is 0 Å². The van der Waals surface area contributed by atoms with E-state index in [1.807, 2.05) is 20.8 Å². The molecule has 7 heteroatoms. The topological polar surface area (TPSA) is 59.3 Å². The van der Waals surface area contributed by atoms with E-state index in [9.17, 15) is 13.6 Å². The maximum absolute atomic E-state index is 13.2. The second-order valence-corrected chi connectivity index (χ2v) is 6.49. The molecule has 124 valence electrons. The summed E-state index contributed by atoms with van der Waals surface area (Å²) in [4.78, 5) is 16.7. The quantitative estimate of drug-likeness (QED) is 0.781. The SMILES string of the molecule is CC(C)(C)c1cc(C(=O)Nc2cc(F)cc(F)c2)nc2ccnn12. The largest absolute Gasteiger partial charge is 0.320 e. The summed E-state index contributed by atoms with van der Waals surface area (Å²) < 4.78 is 28.2. The Morgan fingerprint density at radius 1 is 1.12 bits per heavy atom. The lowest BCUT2D eigenvalue weighted by Crippen LogP contribution is -2.21. The summed E-state index contributed by atoms with van der Waals surface area (Å²) >= 11 is 0. The zero-order chi connectivity index (χ0) is 17.5. The van der Waals surface area contributed by atoms with Gasteiger partial charge in [0.2, 0.25) is 0 Å². The van der Waals surface area contributed by atoms with Gasteiger partial charge in [0.15, 0.2) is 5.65 Å². The molecule has 0 aliphatic rings. The fourth-order valence-corrected chi connectivity index (χ4v) is 2.38. The molecule has 2 aromatic heterocycles. The first-order valence-corrected chi connectivity index (χ1v) is 7.37. The monoisotopic (exact) mass is 330 g/mol. The van der Waals surface area contributed by atoms with Gasteiger partial charge in [-0.25, -0.2) is 18.3 Å². The van der Waals surface area contributed by atoms with Crippen molar-refractivity contribution in [1.82, 2.24) is 14.6 Å². The van der Waals surface area contributed by atoms with Gasteiger partial charge in [0.05, 0.1) is 11.9 Å². The van der Waals surface area contributed by atoms with Gasteiger partial charge >= 0.3 is 0 Å². The number of fused-ring (bicyclic) bond motifs is 1. The zero-order valence-corrected chi connectivity index (χ0v) is 13.5. The molecule has 0 unspecified atom stereocenters. The molecular formula is C17H16F2N4O. The van der Waals surface area contributed by atoms with Gasteiger partial charge < -0.3 is 5.32 Å². The maximum Gasteiger partial charge on any atom is 0.274 e. The molecule has 3 rings (SSSR count). The van der Waals surface area contributed by atoms with Crippen molar-refractivity contribution in [2.24, 2.45) is 0 Å². The highest BCUT2D eigenvalue weighted by atomic mass is 19.1. The van der Waals surface area contributed by atoms with Crippen LogP contribution in [-0.4, -0.2) is 20.5 Å². The molecule has 0 aliphatic heterocycles. The number of anilines is 1. The number of aromatic nitrogens is 3. The van der Waals surface area contributed by atoms with Crippen molar-refractivity contribution >= 4 is 17.2 Å². The highest BCUT2D eigenvalue weighted by Gasteiger charge is 2.22. The molecule has 1 N–H and O–H groups in total. The maximum atomic E-state index is 13.2. The van der Waals surface area contributed by atoms with Gasteiger partial charge in [0.25, 0.3) is 5.91 Å². The summed E-state index contributed by atoms with van der Waals surface area (Å²) in [6.45, 7) is 5.98. The van der Waals surface area contributed by atoms with Crippen LogP contribution in [0.3, 0.4) is 0 Å². The molecule has 0 aliphatic carbocycles. The van der Waals surface area contributed by atoms with Crippen LogP contribution in [0, 0.1) is 11.6 Å². The minimum absolute atomic E-state index is 0.0324. The lowest BCUT2D eigenvalue weighted by atomic mass is 9.91. The Morgan fingerprint density at radius 2 is 1.79 bits per heavy atom. The third kappa shape index (κ3) is 3.10. The molecule has 24 heavy (non-hydrogen) atoms. The molecule has 0 spiro atoms. The molecule has 0 radical (unpaired) electrons. The summed E-state index contributed by atoms with van der Waals surface area (Å²) in [6.07, 6.45) is 1.60. The number of halogens is 2. The smallest absolute Gasteiger partial charge is 0.274 e. The van der Waals surface area contributed by atoms with Crippen molar-refractivity contribution in [3.63, 3.8) is 0 Å². The normalized spacial score (nSPS) is 11.7.